The van der Waals surface area contributed by atoms with Crippen LogP contribution in [-0.2, 0) is 4.79 Å². The second-order valence-corrected chi connectivity index (χ2v) is 5.45. The lowest BCUT2D eigenvalue weighted by molar-refractivity contribution is -0.131. The summed E-state index contributed by atoms with van der Waals surface area (Å²) in [5, 5.41) is 9.84. The van der Waals surface area contributed by atoms with Crippen LogP contribution in [0.15, 0.2) is 50.9 Å². The number of fused-ring (bicyclic) bond motifs is 1. The molecule has 3 aromatic rings. The Morgan fingerprint density at radius 1 is 1.33 bits per heavy atom. The van der Waals surface area contributed by atoms with E-state index in [-0.39, 0.29) is 4.91 Å². The SMILES string of the molecule is Cc1ccc(/C=C(\Sc2nc3ccccc3[nH]2)C(=O)O)o1. The first kappa shape index (κ1) is 13.5. The van der Waals surface area contributed by atoms with Crippen molar-refractivity contribution in [2.45, 2.75) is 12.1 Å². The lowest BCUT2D eigenvalue weighted by Crippen LogP contribution is -1.96. The maximum absolute atomic E-state index is 11.4. The van der Waals surface area contributed by atoms with E-state index in [1.807, 2.05) is 31.2 Å². The predicted molar refractivity (Wildman–Crippen MR) is 81.0 cm³/mol. The Kier molecular flexibility index (Phi) is 3.53. The zero-order valence-corrected chi connectivity index (χ0v) is 12.0. The number of para-hydroxylation sites is 2. The average molecular weight is 300 g/mol. The van der Waals surface area contributed by atoms with E-state index in [0.29, 0.717) is 10.9 Å². The van der Waals surface area contributed by atoms with Gasteiger partial charge in [-0.2, -0.15) is 0 Å². The summed E-state index contributed by atoms with van der Waals surface area (Å²) in [7, 11) is 0. The number of carbonyl (C=O) groups is 1. The van der Waals surface area contributed by atoms with Gasteiger partial charge < -0.3 is 14.5 Å². The van der Waals surface area contributed by atoms with Gasteiger partial charge in [0.25, 0.3) is 0 Å². The number of furan rings is 1. The van der Waals surface area contributed by atoms with E-state index in [1.54, 1.807) is 12.1 Å². The lowest BCUT2D eigenvalue weighted by atomic mass is 10.3. The van der Waals surface area contributed by atoms with E-state index >= 15 is 0 Å². The number of carboxylic acid groups (broad SMARTS) is 1. The van der Waals surface area contributed by atoms with Crippen LogP contribution in [0.1, 0.15) is 11.5 Å². The number of imidazole rings is 1. The molecule has 0 aliphatic rings. The van der Waals surface area contributed by atoms with Gasteiger partial charge in [0.15, 0.2) is 5.16 Å². The summed E-state index contributed by atoms with van der Waals surface area (Å²) in [6.45, 7) is 1.81. The molecule has 0 aliphatic carbocycles. The fraction of sp³-hybridized carbons (Fsp3) is 0.0667. The highest BCUT2D eigenvalue weighted by Gasteiger charge is 2.13. The summed E-state index contributed by atoms with van der Waals surface area (Å²) >= 11 is 1.06. The van der Waals surface area contributed by atoms with Gasteiger partial charge in [-0.05, 0) is 43.0 Å². The van der Waals surface area contributed by atoms with Crippen LogP contribution in [0.3, 0.4) is 0 Å². The van der Waals surface area contributed by atoms with E-state index < -0.39 is 5.97 Å². The Balaban J connectivity index is 1.91. The number of H-pyrrole nitrogens is 1. The third-order valence-electron chi connectivity index (χ3n) is 2.82. The maximum atomic E-state index is 11.4. The monoisotopic (exact) mass is 300 g/mol. The smallest absolute Gasteiger partial charge is 0.342 e. The summed E-state index contributed by atoms with van der Waals surface area (Å²) in [6, 6.07) is 11.1. The number of hydrogen-bond donors (Lipinski definition) is 2. The largest absolute Gasteiger partial charge is 0.477 e. The Morgan fingerprint density at radius 2 is 2.14 bits per heavy atom. The summed E-state index contributed by atoms with van der Waals surface area (Å²) in [5.41, 5.74) is 1.68. The molecule has 21 heavy (non-hydrogen) atoms. The van der Waals surface area contributed by atoms with Crippen LogP contribution >= 0.6 is 11.8 Å². The van der Waals surface area contributed by atoms with Gasteiger partial charge in [0.2, 0.25) is 0 Å². The van der Waals surface area contributed by atoms with Crippen molar-refractivity contribution in [3.8, 4) is 0 Å². The van der Waals surface area contributed by atoms with Gasteiger partial charge >= 0.3 is 5.97 Å². The van der Waals surface area contributed by atoms with E-state index in [0.717, 1.165) is 28.6 Å². The van der Waals surface area contributed by atoms with Crippen molar-refractivity contribution in [1.82, 2.24) is 9.97 Å². The molecule has 0 saturated carbocycles. The number of aryl methyl sites for hydroxylation is 1. The number of aromatic amines is 1. The molecule has 0 saturated heterocycles. The zero-order chi connectivity index (χ0) is 14.8. The van der Waals surface area contributed by atoms with E-state index in [1.165, 1.54) is 6.08 Å². The van der Waals surface area contributed by atoms with E-state index in [9.17, 15) is 9.90 Å². The van der Waals surface area contributed by atoms with E-state index in [4.69, 9.17) is 4.42 Å². The molecule has 0 fully saturated rings. The van der Waals surface area contributed by atoms with Crippen LogP contribution in [0.25, 0.3) is 17.1 Å². The van der Waals surface area contributed by atoms with Gasteiger partial charge in [-0.15, -0.1) is 0 Å². The Morgan fingerprint density at radius 3 is 2.81 bits per heavy atom. The molecule has 0 spiro atoms. The van der Waals surface area contributed by atoms with Gasteiger partial charge in [-0.25, -0.2) is 9.78 Å². The zero-order valence-electron chi connectivity index (χ0n) is 11.2. The third-order valence-corrected chi connectivity index (χ3v) is 3.72. The number of rotatable bonds is 4. The van der Waals surface area contributed by atoms with Gasteiger partial charge in [0.1, 0.15) is 16.4 Å². The normalized spacial score (nSPS) is 12.0. The molecule has 2 aromatic heterocycles. The minimum absolute atomic E-state index is 0.142. The summed E-state index contributed by atoms with van der Waals surface area (Å²) in [4.78, 5) is 18.9. The molecule has 0 radical (unpaired) electrons. The number of aliphatic carboxylic acids is 1. The van der Waals surface area contributed by atoms with Crippen molar-refractivity contribution < 1.29 is 14.3 Å². The molecular formula is C15H12N2O3S. The van der Waals surface area contributed by atoms with E-state index in [2.05, 4.69) is 9.97 Å². The van der Waals surface area contributed by atoms with Crippen molar-refractivity contribution in [2.24, 2.45) is 0 Å². The fourth-order valence-electron chi connectivity index (χ4n) is 1.88. The third kappa shape index (κ3) is 3.00. The van der Waals surface area contributed by atoms with Crippen molar-refractivity contribution in [3.05, 3.63) is 52.8 Å². The summed E-state index contributed by atoms with van der Waals surface area (Å²) < 4.78 is 5.38. The second-order valence-electron chi connectivity index (χ2n) is 4.42. The average Bonchev–Trinajstić information content (AvgIpc) is 3.03. The molecule has 6 heteroatoms. The fourth-order valence-corrected chi connectivity index (χ4v) is 2.65. The highest BCUT2D eigenvalue weighted by molar-refractivity contribution is 8.04. The molecule has 2 heterocycles. The highest BCUT2D eigenvalue weighted by atomic mass is 32.2. The quantitative estimate of drug-likeness (QED) is 0.567. The highest BCUT2D eigenvalue weighted by Crippen LogP contribution is 2.28. The summed E-state index contributed by atoms with van der Waals surface area (Å²) in [6.07, 6.45) is 1.49. The predicted octanol–water partition coefficient (Wildman–Crippen LogP) is 3.68. The molecule has 0 atom stereocenters. The topological polar surface area (TPSA) is 79.1 Å². The number of nitrogens with zero attached hydrogens (tertiary/aromatic N) is 1. The molecule has 2 N–H and O–H groups in total. The Hall–Kier alpha value is -2.47. The summed E-state index contributed by atoms with van der Waals surface area (Å²) in [5.74, 6) is 0.225. The van der Waals surface area contributed by atoms with Gasteiger partial charge in [0.05, 0.1) is 11.0 Å². The number of nitrogens with one attached hydrogen (secondary N) is 1. The number of aromatic nitrogens is 2. The number of hydrogen-bond acceptors (Lipinski definition) is 4. The van der Waals surface area contributed by atoms with Crippen molar-refractivity contribution >= 4 is 34.8 Å². The molecule has 3 rings (SSSR count). The number of thioether (sulfide) groups is 1. The molecule has 0 unspecified atom stereocenters. The Bertz CT molecular complexity index is 799. The van der Waals surface area contributed by atoms with Crippen molar-refractivity contribution in [2.75, 3.05) is 0 Å². The molecule has 106 valence electrons. The first-order valence-electron chi connectivity index (χ1n) is 6.26. The van der Waals surface area contributed by atoms with Gasteiger partial charge in [-0.3, -0.25) is 0 Å². The minimum Gasteiger partial charge on any atom is -0.477 e. The van der Waals surface area contributed by atoms with Crippen LogP contribution in [0.2, 0.25) is 0 Å². The molecular weight excluding hydrogens is 288 g/mol. The molecule has 1 aromatic carbocycles. The minimum atomic E-state index is -1.02. The second kappa shape index (κ2) is 5.49. The van der Waals surface area contributed by atoms with Crippen molar-refractivity contribution in [1.29, 1.82) is 0 Å². The van der Waals surface area contributed by atoms with Gasteiger partial charge in [0, 0.05) is 6.08 Å². The molecule has 5 nitrogen and oxygen atoms in total. The van der Waals surface area contributed by atoms with Crippen LogP contribution < -0.4 is 0 Å². The first-order valence-corrected chi connectivity index (χ1v) is 7.07. The standard InChI is InChI=1S/C15H12N2O3S/c1-9-6-7-10(20-9)8-13(14(18)19)21-15-16-11-4-2-3-5-12(11)17-15/h2-8H,1H3,(H,16,17)(H,18,19)/b13-8-. The molecule has 0 amide bonds. The first-order chi connectivity index (χ1) is 10.1. The van der Waals surface area contributed by atoms with Crippen LogP contribution in [0.5, 0.6) is 0 Å². The van der Waals surface area contributed by atoms with Crippen LogP contribution in [0, 0.1) is 6.92 Å². The lowest BCUT2D eigenvalue weighted by Gasteiger charge is -1.98. The van der Waals surface area contributed by atoms with Gasteiger partial charge in [-0.1, -0.05) is 12.1 Å². The van der Waals surface area contributed by atoms with Crippen molar-refractivity contribution in [3.63, 3.8) is 0 Å². The van der Waals surface area contributed by atoms with Crippen LogP contribution in [-0.4, -0.2) is 21.0 Å². The number of carboxylic acids is 1. The molecule has 0 bridgehead atoms. The Labute approximate surface area is 124 Å². The van der Waals surface area contributed by atoms with Crippen LogP contribution in [0.4, 0.5) is 0 Å². The number of benzene rings is 1. The maximum Gasteiger partial charge on any atom is 0.342 e. The molecule has 0 aliphatic heterocycles.